The number of ether oxygens (including phenoxy) is 1. The number of nitrogens with zero attached hydrogens (tertiary/aromatic N) is 1. The lowest BCUT2D eigenvalue weighted by Crippen LogP contribution is -1.98. The number of fused-ring (bicyclic) bond motifs is 1. The molecule has 0 bridgehead atoms. The van der Waals surface area contributed by atoms with Gasteiger partial charge in [-0.2, -0.15) is 0 Å². The quantitative estimate of drug-likeness (QED) is 0.877. The fraction of sp³-hybridized carbons (Fsp3) is 0.429. The third-order valence-corrected chi connectivity index (χ3v) is 2.93. The Bertz CT molecular complexity index is 514. The number of aromatic hydroxyl groups is 1. The summed E-state index contributed by atoms with van der Waals surface area (Å²) in [5.41, 5.74) is 2.03. The number of hydrogen-bond donors (Lipinski definition) is 1. The zero-order chi connectivity index (χ0) is 12.4. The van der Waals surface area contributed by atoms with E-state index in [1.54, 1.807) is 6.07 Å². The summed E-state index contributed by atoms with van der Waals surface area (Å²) in [7, 11) is 0. The minimum atomic E-state index is 0.321. The molecule has 2 rings (SSSR count). The van der Waals surface area contributed by atoms with Gasteiger partial charge in [0.2, 0.25) is 0 Å². The van der Waals surface area contributed by atoms with Crippen molar-refractivity contribution in [3.05, 3.63) is 30.0 Å². The summed E-state index contributed by atoms with van der Waals surface area (Å²) in [5.74, 6) is 0.332. The Morgan fingerprint density at radius 1 is 1.35 bits per heavy atom. The van der Waals surface area contributed by atoms with Crippen LogP contribution in [0.15, 0.2) is 24.4 Å². The van der Waals surface area contributed by atoms with Gasteiger partial charge in [-0.05, 0) is 26.8 Å². The maximum atomic E-state index is 9.98. The van der Waals surface area contributed by atoms with Crippen LogP contribution in [0.25, 0.3) is 10.9 Å². The summed E-state index contributed by atoms with van der Waals surface area (Å²) < 4.78 is 7.56. The van der Waals surface area contributed by atoms with E-state index < -0.39 is 0 Å². The number of rotatable bonds is 4. The van der Waals surface area contributed by atoms with Crippen LogP contribution in [0.5, 0.6) is 5.75 Å². The molecule has 1 aromatic heterocycles. The van der Waals surface area contributed by atoms with Crippen molar-refractivity contribution >= 4 is 10.9 Å². The summed E-state index contributed by atoms with van der Waals surface area (Å²) >= 11 is 0. The van der Waals surface area contributed by atoms with Crippen LogP contribution < -0.4 is 0 Å². The molecule has 0 aliphatic rings. The Kier molecular flexibility index (Phi) is 3.38. The van der Waals surface area contributed by atoms with E-state index in [2.05, 4.69) is 24.6 Å². The van der Waals surface area contributed by atoms with Gasteiger partial charge in [-0.1, -0.05) is 12.1 Å². The molecule has 3 nitrogen and oxygen atoms in total. The van der Waals surface area contributed by atoms with Crippen molar-refractivity contribution in [2.45, 2.75) is 33.4 Å². The number of para-hydroxylation sites is 1. The minimum absolute atomic E-state index is 0.321. The first-order valence-corrected chi connectivity index (χ1v) is 6.04. The van der Waals surface area contributed by atoms with E-state index in [1.165, 1.54) is 0 Å². The third kappa shape index (κ3) is 2.15. The number of benzene rings is 1. The first-order chi connectivity index (χ1) is 8.15. The van der Waals surface area contributed by atoms with Crippen LogP contribution in [0.3, 0.4) is 0 Å². The first-order valence-electron chi connectivity index (χ1n) is 6.04. The van der Waals surface area contributed by atoms with E-state index in [0.717, 1.165) is 16.5 Å². The highest BCUT2D eigenvalue weighted by atomic mass is 16.5. The Labute approximate surface area is 102 Å². The van der Waals surface area contributed by atoms with Crippen LogP contribution in [0.2, 0.25) is 0 Å². The van der Waals surface area contributed by atoms with Crippen molar-refractivity contribution in [1.82, 2.24) is 4.57 Å². The molecule has 0 saturated carbocycles. The Morgan fingerprint density at radius 2 is 2.12 bits per heavy atom. The van der Waals surface area contributed by atoms with Gasteiger partial charge in [-0.15, -0.1) is 0 Å². The highest BCUT2D eigenvalue weighted by Crippen LogP contribution is 2.31. The average Bonchev–Trinajstić information content (AvgIpc) is 2.67. The molecule has 2 aromatic rings. The largest absolute Gasteiger partial charge is 0.506 e. The van der Waals surface area contributed by atoms with E-state index in [1.807, 2.05) is 19.1 Å². The predicted molar refractivity (Wildman–Crippen MR) is 69.3 cm³/mol. The first kappa shape index (κ1) is 12.0. The molecule has 1 heterocycles. The maximum absolute atomic E-state index is 9.98. The van der Waals surface area contributed by atoms with Crippen LogP contribution in [0.4, 0.5) is 0 Å². The van der Waals surface area contributed by atoms with E-state index in [0.29, 0.717) is 25.0 Å². The summed E-state index contributed by atoms with van der Waals surface area (Å²) in [6, 6.07) is 5.95. The second kappa shape index (κ2) is 4.80. The number of aromatic nitrogens is 1. The SMILES string of the molecule is CCOCc1cn(C(C)C)c2c(O)cccc12. The highest BCUT2D eigenvalue weighted by molar-refractivity contribution is 5.89. The van der Waals surface area contributed by atoms with Gasteiger partial charge < -0.3 is 14.4 Å². The van der Waals surface area contributed by atoms with Crippen molar-refractivity contribution in [2.75, 3.05) is 6.61 Å². The van der Waals surface area contributed by atoms with Gasteiger partial charge in [0, 0.05) is 29.8 Å². The van der Waals surface area contributed by atoms with Crippen LogP contribution in [-0.4, -0.2) is 16.3 Å². The molecular weight excluding hydrogens is 214 g/mol. The van der Waals surface area contributed by atoms with Crippen molar-refractivity contribution < 1.29 is 9.84 Å². The molecular formula is C14H19NO2. The molecule has 0 unspecified atom stereocenters. The predicted octanol–water partition coefficient (Wildman–Crippen LogP) is 3.46. The van der Waals surface area contributed by atoms with Crippen LogP contribution in [0, 0.1) is 0 Å². The molecule has 0 amide bonds. The molecule has 17 heavy (non-hydrogen) atoms. The summed E-state index contributed by atoms with van der Waals surface area (Å²) in [5, 5.41) is 11.1. The number of phenols is 1. The van der Waals surface area contributed by atoms with Gasteiger partial charge in [-0.3, -0.25) is 0 Å². The zero-order valence-electron chi connectivity index (χ0n) is 10.6. The molecule has 0 spiro atoms. The lowest BCUT2D eigenvalue weighted by atomic mass is 10.2. The Hall–Kier alpha value is -1.48. The van der Waals surface area contributed by atoms with E-state index in [9.17, 15) is 5.11 Å². The Balaban J connectivity index is 2.58. The second-order valence-corrected chi connectivity index (χ2v) is 4.47. The van der Waals surface area contributed by atoms with Crippen LogP contribution in [0.1, 0.15) is 32.4 Å². The fourth-order valence-electron chi connectivity index (χ4n) is 2.10. The molecule has 92 valence electrons. The van der Waals surface area contributed by atoms with Crippen LogP contribution >= 0.6 is 0 Å². The monoisotopic (exact) mass is 233 g/mol. The summed E-state index contributed by atoms with van der Waals surface area (Å²) in [6.07, 6.45) is 2.07. The maximum Gasteiger partial charge on any atom is 0.139 e. The van der Waals surface area contributed by atoms with E-state index in [-0.39, 0.29) is 0 Å². The lowest BCUT2D eigenvalue weighted by Gasteiger charge is -2.09. The van der Waals surface area contributed by atoms with E-state index in [4.69, 9.17) is 4.74 Å². The average molecular weight is 233 g/mol. The van der Waals surface area contributed by atoms with Gasteiger partial charge in [0.05, 0.1) is 12.1 Å². The highest BCUT2D eigenvalue weighted by Gasteiger charge is 2.13. The molecule has 0 atom stereocenters. The van der Waals surface area contributed by atoms with E-state index >= 15 is 0 Å². The molecule has 0 radical (unpaired) electrons. The van der Waals surface area contributed by atoms with Gasteiger partial charge in [0.15, 0.2) is 0 Å². The zero-order valence-corrected chi connectivity index (χ0v) is 10.6. The topological polar surface area (TPSA) is 34.4 Å². The second-order valence-electron chi connectivity index (χ2n) is 4.47. The van der Waals surface area contributed by atoms with Crippen molar-refractivity contribution in [1.29, 1.82) is 0 Å². The normalized spacial score (nSPS) is 11.5. The van der Waals surface area contributed by atoms with Crippen molar-refractivity contribution in [3.63, 3.8) is 0 Å². The van der Waals surface area contributed by atoms with Crippen molar-refractivity contribution in [3.8, 4) is 5.75 Å². The lowest BCUT2D eigenvalue weighted by molar-refractivity contribution is 0.135. The standard InChI is InChI=1S/C14H19NO2/c1-4-17-9-11-8-15(10(2)3)14-12(11)6-5-7-13(14)16/h5-8,10,16H,4,9H2,1-3H3. The molecule has 0 fully saturated rings. The molecule has 0 saturated heterocycles. The number of phenolic OH excluding ortho intramolecular Hbond substituents is 1. The fourth-order valence-corrected chi connectivity index (χ4v) is 2.10. The molecule has 1 N–H and O–H groups in total. The molecule has 0 aliphatic carbocycles. The van der Waals surface area contributed by atoms with Crippen molar-refractivity contribution in [2.24, 2.45) is 0 Å². The van der Waals surface area contributed by atoms with Gasteiger partial charge in [0.1, 0.15) is 5.75 Å². The molecule has 1 aromatic carbocycles. The van der Waals surface area contributed by atoms with Gasteiger partial charge in [0.25, 0.3) is 0 Å². The van der Waals surface area contributed by atoms with Crippen LogP contribution in [-0.2, 0) is 11.3 Å². The van der Waals surface area contributed by atoms with Gasteiger partial charge in [-0.25, -0.2) is 0 Å². The Morgan fingerprint density at radius 3 is 2.76 bits per heavy atom. The summed E-state index contributed by atoms with van der Waals surface area (Å²) in [6.45, 7) is 7.50. The van der Waals surface area contributed by atoms with Gasteiger partial charge >= 0.3 is 0 Å². The number of hydrogen-bond acceptors (Lipinski definition) is 2. The summed E-state index contributed by atoms with van der Waals surface area (Å²) in [4.78, 5) is 0. The minimum Gasteiger partial charge on any atom is -0.506 e. The molecule has 0 aliphatic heterocycles. The third-order valence-electron chi connectivity index (χ3n) is 2.93. The smallest absolute Gasteiger partial charge is 0.139 e. The molecule has 3 heteroatoms.